The van der Waals surface area contributed by atoms with E-state index in [9.17, 15) is 9.59 Å². The number of imidazole rings is 1. The first-order valence-electron chi connectivity index (χ1n) is 22.5. The molecule has 5 rings (SSSR count). The number of benzene rings is 3. The van der Waals surface area contributed by atoms with Crippen molar-refractivity contribution in [1.82, 2.24) is 9.55 Å². The van der Waals surface area contributed by atoms with Crippen LogP contribution in [0, 0.1) is 5.92 Å². The van der Waals surface area contributed by atoms with E-state index < -0.39 is 52.4 Å². The average molecular weight is 933 g/mol. The summed E-state index contributed by atoms with van der Waals surface area (Å²) in [5.74, 6) is -1.54. The lowest BCUT2D eigenvalue weighted by Gasteiger charge is -2.39. The number of carbonyl (C=O) groups excluding carboxylic acids is 2. The van der Waals surface area contributed by atoms with Crippen LogP contribution in [0.2, 0.25) is 43.8 Å². The molecular weight excluding hydrogens is 861 g/mol. The van der Waals surface area contributed by atoms with Crippen LogP contribution >= 0.6 is 11.8 Å². The first-order valence-corrected chi connectivity index (χ1v) is 30.0. The number of thioether (sulfide) groups is 1. The number of rotatable bonds is 21. The van der Waals surface area contributed by atoms with Gasteiger partial charge in [0, 0.05) is 50.1 Å². The molecule has 350 valence electrons. The topological polar surface area (TPSA) is 117 Å². The zero-order valence-corrected chi connectivity index (χ0v) is 43.4. The Hall–Kier alpha value is -3.77. The van der Waals surface area contributed by atoms with Crippen LogP contribution in [0.3, 0.4) is 0 Å². The number of esters is 2. The van der Waals surface area contributed by atoms with Crippen molar-refractivity contribution in [3.63, 3.8) is 0 Å². The van der Waals surface area contributed by atoms with E-state index in [1.54, 1.807) is 37.3 Å². The lowest BCUT2D eigenvalue weighted by Crippen LogP contribution is -2.44. The maximum atomic E-state index is 14.5. The van der Waals surface area contributed by atoms with Gasteiger partial charge in [-0.05, 0) is 94.0 Å². The number of aryl methyl sites for hydroxylation is 1. The molecule has 0 N–H and O–H groups in total. The van der Waals surface area contributed by atoms with Crippen LogP contribution in [0.5, 0.6) is 5.75 Å². The molecule has 1 fully saturated rings. The zero-order valence-electron chi connectivity index (χ0n) is 40.6. The van der Waals surface area contributed by atoms with E-state index in [0.717, 1.165) is 16.5 Å². The normalized spacial score (nSPS) is 18.8. The van der Waals surface area contributed by atoms with E-state index in [1.165, 1.54) is 0 Å². The number of hydrogen-bond donors (Lipinski definition) is 0. The van der Waals surface area contributed by atoms with Crippen LogP contribution in [0.1, 0.15) is 92.8 Å². The molecule has 14 heteroatoms. The number of hydrogen-bond acceptors (Lipinski definition) is 11. The van der Waals surface area contributed by atoms with Crippen LogP contribution in [-0.4, -0.2) is 88.6 Å². The smallest absolute Gasteiger partial charge is 0.342 e. The second-order valence-corrected chi connectivity index (χ2v) is 31.7. The van der Waals surface area contributed by atoms with Gasteiger partial charge in [0.25, 0.3) is 0 Å². The number of methoxy groups -OCH3 is 1. The fourth-order valence-corrected chi connectivity index (χ4v) is 10.8. The fraction of sp³-hybridized carbons (Fsp3) is 0.540. The summed E-state index contributed by atoms with van der Waals surface area (Å²) in [6, 6.07) is 21.8. The molecule has 64 heavy (non-hydrogen) atoms. The van der Waals surface area contributed by atoms with Crippen LogP contribution in [0.25, 0.3) is 11.0 Å². The summed E-state index contributed by atoms with van der Waals surface area (Å²) in [4.78, 5) is 34.2. The molecule has 6 atom stereocenters. The predicted octanol–water partition coefficient (Wildman–Crippen LogP) is 12.0. The second kappa shape index (κ2) is 21.7. The summed E-state index contributed by atoms with van der Waals surface area (Å²) < 4.78 is 46.1. The summed E-state index contributed by atoms with van der Waals surface area (Å²) >= 11 is 1.64. The van der Waals surface area contributed by atoms with Gasteiger partial charge in [0.1, 0.15) is 23.5 Å². The number of carbonyl (C=O) groups is 2. The Balaban J connectivity index is 1.56. The van der Waals surface area contributed by atoms with Crippen molar-refractivity contribution >= 4 is 51.1 Å². The van der Waals surface area contributed by atoms with Gasteiger partial charge in [-0.15, -0.1) is 11.8 Å². The zero-order chi connectivity index (χ0) is 47.0. The molecule has 0 aliphatic carbocycles. The lowest BCUT2D eigenvalue weighted by atomic mass is 9.95. The molecule has 1 aliphatic rings. The second-order valence-electron chi connectivity index (χ2n) is 20.1. The Bertz CT molecular complexity index is 2180. The molecule has 1 aromatic heterocycles. The van der Waals surface area contributed by atoms with Crippen molar-refractivity contribution in [2.45, 2.75) is 145 Å². The minimum atomic E-state index is -2.06. The van der Waals surface area contributed by atoms with E-state index >= 15 is 0 Å². The highest BCUT2D eigenvalue weighted by atomic mass is 32.2. The molecule has 0 spiro atoms. The molecule has 1 aliphatic heterocycles. The number of nitrogens with zero attached hydrogens (tertiary/aromatic N) is 2. The molecule has 1 saturated heterocycles. The first kappa shape index (κ1) is 51.2. The quantitative estimate of drug-likeness (QED) is 0.0261. The van der Waals surface area contributed by atoms with Crippen LogP contribution in [0.15, 0.2) is 90.1 Å². The van der Waals surface area contributed by atoms with Crippen molar-refractivity contribution < 1.29 is 42.4 Å². The van der Waals surface area contributed by atoms with E-state index in [-0.39, 0.29) is 29.1 Å². The summed E-state index contributed by atoms with van der Waals surface area (Å²) in [5.41, 5.74) is 2.96. The number of aromatic nitrogens is 2. The van der Waals surface area contributed by atoms with Crippen molar-refractivity contribution in [3.8, 4) is 5.75 Å². The third kappa shape index (κ3) is 13.6. The Morgan fingerprint density at radius 3 is 2.23 bits per heavy atom. The number of ether oxygens (including phenoxy) is 6. The minimum Gasteiger partial charge on any atom is -0.467 e. The largest absolute Gasteiger partial charge is 0.467 e. The van der Waals surface area contributed by atoms with Gasteiger partial charge in [-0.25, -0.2) is 14.6 Å². The summed E-state index contributed by atoms with van der Waals surface area (Å²) in [5, 5.41) is -0.286. The van der Waals surface area contributed by atoms with E-state index in [2.05, 4.69) is 85.6 Å². The van der Waals surface area contributed by atoms with E-state index in [4.69, 9.17) is 37.8 Å². The third-order valence-corrected chi connectivity index (χ3v) is 19.7. The standard InChI is InChI=1S/C50H72N2O9SSi2/c1-34(35(2)61-64(13,14)49(3,4)5)25-26-39(58-47(53)36-21-17-15-18-22-36)46-40(59-50(6,7)60-46)27-28-42(62-37-23-19-16-20-24-37)44-43(48(54)56-29-30-63(10,11)12)41(57-33-55-9)31-38-45(44)51-32-52(38)8/h15-26,31-32,34-35,39-40,42,46H,27-30,33H2,1-14H3/b26-25-/t34-,35+,39?,40+,42?,46-/m1/s1. The highest BCUT2D eigenvalue weighted by Gasteiger charge is 2.47. The van der Waals surface area contributed by atoms with Crippen molar-refractivity contribution in [3.05, 3.63) is 102 Å². The van der Waals surface area contributed by atoms with Gasteiger partial charge in [0.05, 0.1) is 35.6 Å². The highest BCUT2D eigenvalue weighted by molar-refractivity contribution is 7.99. The maximum Gasteiger partial charge on any atom is 0.342 e. The molecule has 0 saturated carbocycles. The molecular formula is C50H72N2O9SSi2. The lowest BCUT2D eigenvalue weighted by molar-refractivity contribution is -0.153. The molecule has 4 aromatic rings. The number of fused-ring (bicyclic) bond motifs is 1. The SMILES string of the molecule is COCOc1cc2c(ncn2C)c(C(CC[C@@H]2OC(C)(C)O[C@@H]2C(/C=C\[C@@H](C)[C@H](C)O[Si](C)(C)C(C)(C)C)OC(=O)c2ccccc2)Sc2ccccc2)c1C(=O)OCC[Si](C)(C)C. The molecule has 2 unspecified atom stereocenters. The van der Waals surface area contributed by atoms with Crippen LogP contribution in [-0.2, 0) is 35.2 Å². The summed E-state index contributed by atoms with van der Waals surface area (Å²) in [7, 11) is -0.104. The predicted molar refractivity (Wildman–Crippen MR) is 261 cm³/mol. The highest BCUT2D eigenvalue weighted by Crippen LogP contribution is 2.47. The van der Waals surface area contributed by atoms with Gasteiger partial charge in [-0.2, -0.15) is 0 Å². The van der Waals surface area contributed by atoms with Crippen LogP contribution < -0.4 is 4.74 Å². The molecule has 3 aromatic carbocycles. The van der Waals surface area contributed by atoms with Gasteiger partial charge in [0.15, 0.2) is 20.9 Å². The molecule has 0 bridgehead atoms. The van der Waals surface area contributed by atoms with Gasteiger partial charge < -0.3 is 37.4 Å². The Morgan fingerprint density at radius 1 is 0.953 bits per heavy atom. The van der Waals surface area contributed by atoms with Gasteiger partial charge in [-0.1, -0.05) is 89.8 Å². The fourth-order valence-electron chi connectivity index (χ4n) is 7.33. The van der Waals surface area contributed by atoms with E-state index in [0.29, 0.717) is 47.4 Å². The first-order chi connectivity index (χ1) is 30.0. The van der Waals surface area contributed by atoms with Gasteiger partial charge in [-0.3, -0.25) is 0 Å². The maximum absolute atomic E-state index is 14.5. The molecule has 0 amide bonds. The Morgan fingerprint density at radius 2 is 1.61 bits per heavy atom. The van der Waals surface area contributed by atoms with E-state index in [1.807, 2.05) is 74.0 Å². The Labute approximate surface area is 388 Å². The minimum absolute atomic E-state index is 0.00444. The van der Waals surface area contributed by atoms with Crippen molar-refractivity contribution in [2.75, 3.05) is 20.5 Å². The summed E-state index contributed by atoms with van der Waals surface area (Å²) in [6.07, 6.45) is 4.72. The monoisotopic (exact) mass is 932 g/mol. The molecule has 11 nitrogen and oxygen atoms in total. The van der Waals surface area contributed by atoms with Crippen molar-refractivity contribution in [1.29, 1.82) is 0 Å². The van der Waals surface area contributed by atoms with Gasteiger partial charge in [0.2, 0.25) is 0 Å². The Kier molecular flexibility index (Phi) is 17.4. The third-order valence-electron chi connectivity index (χ3n) is 12.1. The molecule has 2 heterocycles. The van der Waals surface area contributed by atoms with Crippen LogP contribution in [0.4, 0.5) is 0 Å². The summed E-state index contributed by atoms with van der Waals surface area (Å²) in [6.45, 7) is 26.2. The average Bonchev–Trinajstić information content (AvgIpc) is 3.75. The van der Waals surface area contributed by atoms with Gasteiger partial charge >= 0.3 is 11.9 Å². The molecule has 0 radical (unpaired) electrons. The van der Waals surface area contributed by atoms with Crippen molar-refractivity contribution in [2.24, 2.45) is 13.0 Å².